The fourth-order valence-corrected chi connectivity index (χ4v) is 3.23. The fraction of sp³-hybridized carbons (Fsp3) is 0.0714. The van der Waals surface area contributed by atoms with Gasteiger partial charge in [0.15, 0.2) is 0 Å². The second-order valence-corrected chi connectivity index (χ2v) is 6.61. The van der Waals surface area contributed by atoms with Crippen LogP contribution in [0, 0.1) is 20.6 Å². The molecule has 2 rings (SSSR count). The molecule has 0 aliphatic heterocycles. The molecule has 2 aromatic rings. The van der Waals surface area contributed by atoms with Crippen LogP contribution in [-0.4, -0.2) is 16.0 Å². The summed E-state index contributed by atoms with van der Waals surface area (Å²) in [4.78, 5) is 22.8. The molecule has 7 heteroatoms. The van der Waals surface area contributed by atoms with Crippen molar-refractivity contribution in [3.63, 3.8) is 0 Å². The van der Waals surface area contributed by atoms with Gasteiger partial charge in [0.2, 0.25) is 0 Å². The molecule has 0 fully saturated rings. The molecular formula is C14H10INO4S. The Labute approximate surface area is 138 Å². The number of nitro groups is 1. The van der Waals surface area contributed by atoms with Gasteiger partial charge in [0.25, 0.3) is 5.69 Å². The topological polar surface area (TPSA) is 80.4 Å². The van der Waals surface area contributed by atoms with Gasteiger partial charge in [-0.2, -0.15) is 0 Å². The van der Waals surface area contributed by atoms with Crippen LogP contribution in [0.1, 0.15) is 15.9 Å². The maximum absolute atomic E-state index is 11.3. The van der Waals surface area contributed by atoms with Crippen molar-refractivity contribution in [2.75, 3.05) is 0 Å². The molecule has 0 spiro atoms. The van der Waals surface area contributed by atoms with Crippen LogP contribution in [0.15, 0.2) is 46.2 Å². The van der Waals surface area contributed by atoms with Crippen LogP contribution in [0.2, 0.25) is 0 Å². The predicted molar refractivity (Wildman–Crippen MR) is 88.1 cm³/mol. The van der Waals surface area contributed by atoms with E-state index in [1.54, 1.807) is 37.3 Å². The minimum absolute atomic E-state index is 0.0186. The summed E-state index contributed by atoms with van der Waals surface area (Å²) >= 11 is 3.12. The van der Waals surface area contributed by atoms with Crippen molar-refractivity contribution >= 4 is 46.0 Å². The van der Waals surface area contributed by atoms with Crippen LogP contribution in [-0.2, 0) is 0 Å². The average molecular weight is 415 g/mol. The number of nitrogens with zero attached hydrogens (tertiary/aromatic N) is 1. The molecule has 0 saturated heterocycles. The van der Waals surface area contributed by atoms with Crippen LogP contribution in [0.4, 0.5) is 5.69 Å². The van der Waals surface area contributed by atoms with Gasteiger partial charge in [-0.25, -0.2) is 4.79 Å². The van der Waals surface area contributed by atoms with E-state index in [0.717, 1.165) is 20.9 Å². The maximum atomic E-state index is 11.3. The molecule has 0 atom stereocenters. The minimum atomic E-state index is -1.05. The fourth-order valence-electron chi connectivity index (χ4n) is 1.73. The Morgan fingerprint density at radius 1 is 1.24 bits per heavy atom. The maximum Gasteiger partial charge on any atom is 0.336 e. The van der Waals surface area contributed by atoms with E-state index in [0.29, 0.717) is 9.79 Å². The predicted octanol–water partition coefficient (Wildman–Crippen LogP) is 4.36. The lowest BCUT2D eigenvalue weighted by atomic mass is 10.2. The molecular weight excluding hydrogens is 405 g/mol. The van der Waals surface area contributed by atoms with E-state index in [-0.39, 0.29) is 11.3 Å². The van der Waals surface area contributed by atoms with Gasteiger partial charge >= 0.3 is 5.97 Å². The van der Waals surface area contributed by atoms with Crippen molar-refractivity contribution < 1.29 is 14.8 Å². The Morgan fingerprint density at radius 2 is 1.90 bits per heavy atom. The summed E-state index contributed by atoms with van der Waals surface area (Å²) in [6, 6.07) is 9.87. The molecule has 0 aliphatic carbocycles. The Hall–Kier alpha value is -1.61. The first-order chi connectivity index (χ1) is 9.88. The molecule has 108 valence electrons. The smallest absolute Gasteiger partial charge is 0.336 e. The quantitative estimate of drug-likeness (QED) is 0.456. The van der Waals surface area contributed by atoms with Gasteiger partial charge in [-0.05, 0) is 59.3 Å². The molecule has 0 aromatic heterocycles. The summed E-state index contributed by atoms with van der Waals surface area (Å²) in [6.07, 6.45) is 0. The van der Waals surface area contributed by atoms with E-state index in [4.69, 9.17) is 0 Å². The van der Waals surface area contributed by atoms with Crippen molar-refractivity contribution in [3.8, 4) is 0 Å². The molecule has 0 saturated carbocycles. The summed E-state index contributed by atoms with van der Waals surface area (Å²) in [6.45, 7) is 1.77. The number of aromatic carboxylic acids is 1. The molecule has 0 unspecified atom stereocenters. The van der Waals surface area contributed by atoms with E-state index < -0.39 is 10.9 Å². The Morgan fingerprint density at radius 3 is 2.52 bits per heavy atom. The zero-order valence-electron chi connectivity index (χ0n) is 10.9. The first-order valence-corrected chi connectivity index (χ1v) is 7.74. The van der Waals surface area contributed by atoms with Gasteiger partial charge in [-0.1, -0.05) is 17.8 Å². The summed E-state index contributed by atoms with van der Waals surface area (Å²) < 4.78 is 0.799. The Bertz CT molecular complexity index is 671. The lowest BCUT2D eigenvalue weighted by Gasteiger charge is -2.07. The number of hydrogen-bond acceptors (Lipinski definition) is 4. The molecule has 0 aliphatic rings. The molecule has 5 nitrogen and oxygen atoms in total. The van der Waals surface area contributed by atoms with Gasteiger partial charge in [-0.15, -0.1) is 0 Å². The third-order valence-electron chi connectivity index (χ3n) is 2.70. The number of nitro benzene ring substituents is 1. The molecule has 0 heterocycles. The summed E-state index contributed by atoms with van der Waals surface area (Å²) in [5, 5.41) is 20.4. The van der Waals surface area contributed by atoms with Crippen molar-refractivity contribution in [1.29, 1.82) is 0 Å². The lowest BCUT2D eigenvalue weighted by molar-refractivity contribution is -0.387. The molecule has 21 heavy (non-hydrogen) atoms. The molecule has 0 radical (unpaired) electrons. The van der Waals surface area contributed by atoms with Gasteiger partial charge < -0.3 is 5.11 Å². The Balaban J connectivity index is 2.48. The van der Waals surface area contributed by atoms with Crippen LogP contribution < -0.4 is 0 Å². The van der Waals surface area contributed by atoms with Gasteiger partial charge in [-0.3, -0.25) is 10.1 Å². The highest BCUT2D eigenvalue weighted by molar-refractivity contribution is 14.1. The number of benzene rings is 2. The van der Waals surface area contributed by atoms with Gasteiger partial charge in [0, 0.05) is 14.5 Å². The normalized spacial score (nSPS) is 10.4. The van der Waals surface area contributed by atoms with Crippen molar-refractivity contribution in [2.24, 2.45) is 0 Å². The van der Waals surface area contributed by atoms with E-state index in [9.17, 15) is 20.0 Å². The summed E-state index contributed by atoms with van der Waals surface area (Å²) in [5.41, 5.74) is 0.906. The van der Waals surface area contributed by atoms with E-state index in [2.05, 4.69) is 0 Å². The first kappa shape index (κ1) is 15.8. The van der Waals surface area contributed by atoms with Crippen molar-refractivity contribution in [2.45, 2.75) is 16.7 Å². The molecule has 0 bridgehead atoms. The van der Waals surface area contributed by atoms with E-state index in [1.807, 2.05) is 22.6 Å². The second kappa shape index (κ2) is 6.44. The van der Waals surface area contributed by atoms with Crippen LogP contribution >= 0.6 is 34.4 Å². The number of carbonyl (C=O) groups is 1. The van der Waals surface area contributed by atoms with Gasteiger partial charge in [0.05, 0.1) is 15.4 Å². The average Bonchev–Trinajstić information content (AvgIpc) is 2.42. The first-order valence-electron chi connectivity index (χ1n) is 5.84. The summed E-state index contributed by atoms with van der Waals surface area (Å²) in [7, 11) is 0. The highest BCUT2D eigenvalue weighted by Crippen LogP contribution is 2.37. The molecule has 1 N–H and O–H groups in total. The zero-order chi connectivity index (χ0) is 15.6. The largest absolute Gasteiger partial charge is 0.478 e. The van der Waals surface area contributed by atoms with Crippen molar-refractivity contribution in [1.82, 2.24) is 0 Å². The number of rotatable bonds is 4. The number of carboxylic acid groups (broad SMARTS) is 1. The third kappa shape index (κ3) is 3.73. The van der Waals surface area contributed by atoms with Gasteiger partial charge in [0.1, 0.15) is 0 Å². The SMILES string of the molecule is Cc1ccc(Sc2ccc(I)cc2C(=O)O)c([N+](=O)[O-])c1. The monoisotopic (exact) mass is 415 g/mol. The second-order valence-electron chi connectivity index (χ2n) is 4.28. The van der Waals surface area contributed by atoms with Crippen LogP contribution in [0.5, 0.6) is 0 Å². The van der Waals surface area contributed by atoms with E-state index >= 15 is 0 Å². The van der Waals surface area contributed by atoms with E-state index in [1.165, 1.54) is 6.07 Å². The number of hydrogen-bond donors (Lipinski definition) is 1. The minimum Gasteiger partial charge on any atom is -0.478 e. The molecule has 2 aromatic carbocycles. The van der Waals surface area contributed by atoms with Crippen LogP contribution in [0.3, 0.4) is 0 Å². The zero-order valence-corrected chi connectivity index (χ0v) is 13.8. The third-order valence-corrected chi connectivity index (χ3v) is 4.52. The van der Waals surface area contributed by atoms with Crippen LogP contribution in [0.25, 0.3) is 0 Å². The highest BCUT2D eigenvalue weighted by Gasteiger charge is 2.18. The number of halogens is 1. The Kier molecular flexibility index (Phi) is 4.84. The standard InChI is InChI=1S/C14H10INO4S/c1-8-2-4-13(11(6-8)16(19)20)21-12-5-3-9(15)7-10(12)14(17)18/h2-7H,1H3,(H,17,18). The summed E-state index contributed by atoms with van der Waals surface area (Å²) in [5.74, 6) is -1.05. The number of aryl methyl sites for hydroxylation is 1. The molecule has 0 amide bonds. The van der Waals surface area contributed by atoms with Crippen molar-refractivity contribution in [3.05, 3.63) is 61.2 Å². The lowest BCUT2D eigenvalue weighted by Crippen LogP contribution is -2.00. The number of carboxylic acids is 1. The highest BCUT2D eigenvalue weighted by atomic mass is 127.